The highest BCUT2D eigenvalue weighted by Gasteiger charge is 2.06. The van der Waals surface area contributed by atoms with Crippen molar-refractivity contribution in [3.05, 3.63) is 58.1 Å². The zero-order valence-corrected chi connectivity index (χ0v) is 17.8. The SMILES string of the molecule is CCCCCCCCCOc1ccc(C=NNc2cccc([N+](=O)[O-])c2)cc1OC. The molecule has 7 nitrogen and oxygen atoms in total. The average molecular weight is 414 g/mol. The summed E-state index contributed by atoms with van der Waals surface area (Å²) in [5.41, 5.74) is 4.18. The van der Waals surface area contributed by atoms with Crippen molar-refractivity contribution in [3.8, 4) is 11.5 Å². The zero-order valence-electron chi connectivity index (χ0n) is 17.8. The van der Waals surface area contributed by atoms with Gasteiger partial charge in [0.2, 0.25) is 0 Å². The first-order valence-electron chi connectivity index (χ1n) is 10.5. The number of hydrogen-bond donors (Lipinski definition) is 1. The molecule has 0 heterocycles. The Kier molecular flexibility index (Phi) is 10.2. The molecule has 2 rings (SSSR count). The van der Waals surface area contributed by atoms with E-state index in [0.29, 0.717) is 23.8 Å². The Morgan fingerprint density at radius 1 is 1.03 bits per heavy atom. The Morgan fingerprint density at radius 2 is 1.80 bits per heavy atom. The van der Waals surface area contributed by atoms with Gasteiger partial charge in [-0.25, -0.2) is 0 Å². The molecule has 0 spiro atoms. The van der Waals surface area contributed by atoms with Crippen molar-refractivity contribution >= 4 is 17.6 Å². The summed E-state index contributed by atoms with van der Waals surface area (Å²) in [7, 11) is 1.61. The summed E-state index contributed by atoms with van der Waals surface area (Å²) in [6.07, 6.45) is 10.3. The molecule has 0 aliphatic rings. The van der Waals surface area contributed by atoms with E-state index in [4.69, 9.17) is 9.47 Å². The predicted molar refractivity (Wildman–Crippen MR) is 121 cm³/mol. The maximum Gasteiger partial charge on any atom is 0.271 e. The summed E-state index contributed by atoms with van der Waals surface area (Å²) >= 11 is 0. The largest absolute Gasteiger partial charge is 0.493 e. The minimum atomic E-state index is -0.440. The second-order valence-corrected chi connectivity index (χ2v) is 7.06. The number of nitrogens with zero attached hydrogens (tertiary/aromatic N) is 2. The van der Waals surface area contributed by atoms with Gasteiger partial charge in [-0.2, -0.15) is 5.10 Å². The van der Waals surface area contributed by atoms with Crippen LogP contribution in [0.15, 0.2) is 47.6 Å². The molecule has 0 radical (unpaired) electrons. The van der Waals surface area contributed by atoms with E-state index in [2.05, 4.69) is 17.5 Å². The van der Waals surface area contributed by atoms with Gasteiger partial charge in [-0.05, 0) is 36.2 Å². The quantitative estimate of drug-likeness (QED) is 0.173. The number of hydrogen-bond acceptors (Lipinski definition) is 6. The van der Waals surface area contributed by atoms with Crippen molar-refractivity contribution in [2.24, 2.45) is 5.10 Å². The Morgan fingerprint density at radius 3 is 2.53 bits per heavy atom. The summed E-state index contributed by atoms with van der Waals surface area (Å²) in [5, 5.41) is 15.0. The molecule has 0 saturated carbocycles. The molecule has 0 aliphatic heterocycles. The molecular formula is C23H31N3O4. The topological polar surface area (TPSA) is 86.0 Å². The first-order chi connectivity index (χ1) is 14.6. The second-order valence-electron chi connectivity index (χ2n) is 7.06. The summed E-state index contributed by atoms with van der Waals surface area (Å²) < 4.78 is 11.3. The van der Waals surface area contributed by atoms with Crippen molar-refractivity contribution in [3.63, 3.8) is 0 Å². The minimum absolute atomic E-state index is 0.0133. The van der Waals surface area contributed by atoms with E-state index in [1.807, 2.05) is 18.2 Å². The Balaban J connectivity index is 1.82. The average Bonchev–Trinajstić information content (AvgIpc) is 2.76. The molecule has 0 saturated heterocycles. The Hall–Kier alpha value is -3.09. The molecular weight excluding hydrogens is 382 g/mol. The van der Waals surface area contributed by atoms with Crippen LogP contribution < -0.4 is 14.9 Å². The maximum absolute atomic E-state index is 10.8. The van der Waals surface area contributed by atoms with Crippen LogP contribution in [0.4, 0.5) is 11.4 Å². The van der Waals surface area contributed by atoms with E-state index in [1.54, 1.807) is 25.5 Å². The lowest BCUT2D eigenvalue weighted by Crippen LogP contribution is -2.00. The van der Waals surface area contributed by atoms with Gasteiger partial charge in [0.1, 0.15) is 0 Å². The fourth-order valence-corrected chi connectivity index (χ4v) is 3.00. The number of nitrogens with one attached hydrogen (secondary N) is 1. The highest BCUT2D eigenvalue weighted by Crippen LogP contribution is 2.28. The molecule has 0 aliphatic carbocycles. The summed E-state index contributed by atoms with van der Waals surface area (Å²) in [5.74, 6) is 1.37. The van der Waals surface area contributed by atoms with Crippen molar-refractivity contribution in [2.45, 2.75) is 51.9 Å². The van der Waals surface area contributed by atoms with Gasteiger partial charge in [-0.3, -0.25) is 15.5 Å². The normalized spacial score (nSPS) is 10.9. The van der Waals surface area contributed by atoms with Crippen molar-refractivity contribution in [1.82, 2.24) is 0 Å². The third kappa shape index (κ3) is 8.11. The summed E-state index contributed by atoms with van der Waals surface area (Å²) in [6.45, 7) is 2.90. The molecule has 2 aromatic carbocycles. The van der Waals surface area contributed by atoms with Crippen LogP contribution in [0.5, 0.6) is 11.5 Å². The molecule has 0 atom stereocenters. The van der Waals surface area contributed by atoms with Crippen molar-refractivity contribution < 1.29 is 14.4 Å². The van der Waals surface area contributed by atoms with E-state index >= 15 is 0 Å². The number of hydrazone groups is 1. The number of methoxy groups -OCH3 is 1. The third-order valence-electron chi connectivity index (χ3n) is 4.66. The highest BCUT2D eigenvalue weighted by molar-refractivity contribution is 5.81. The second kappa shape index (κ2) is 13.2. The fourth-order valence-electron chi connectivity index (χ4n) is 3.00. The monoisotopic (exact) mass is 413 g/mol. The van der Waals surface area contributed by atoms with Gasteiger partial charge in [0.15, 0.2) is 11.5 Å². The first kappa shape index (κ1) is 23.2. The van der Waals surface area contributed by atoms with Gasteiger partial charge < -0.3 is 9.47 Å². The molecule has 162 valence electrons. The van der Waals surface area contributed by atoms with Crippen molar-refractivity contribution in [1.29, 1.82) is 0 Å². The number of nitro groups is 1. The van der Waals surface area contributed by atoms with Gasteiger partial charge >= 0.3 is 0 Å². The van der Waals surface area contributed by atoms with Crippen molar-refractivity contribution in [2.75, 3.05) is 19.1 Å². The van der Waals surface area contributed by atoms with Crippen LogP contribution in [-0.2, 0) is 0 Å². The lowest BCUT2D eigenvalue weighted by Gasteiger charge is -2.11. The molecule has 0 bridgehead atoms. The molecule has 7 heteroatoms. The number of non-ortho nitro benzene ring substituents is 1. The van der Waals surface area contributed by atoms with Gasteiger partial charge in [0.25, 0.3) is 5.69 Å². The first-order valence-corrected chi connectivity index (χ1v) is 10.5. The van der Waals surface area contributed by atoms with Crippen LogP contribution in [0.1, 0.15) is 57.4 Å². The zero-order chi connectivity index (χ0) is 21.6. The number of ether oxygens (including phenoxy) is 2. The minimum Gasteiger partial charge on any atom is -0.493 e. The maximum atomic E-state index is 10.8. The van der Waals surface area contributed by atoms with Gasteiger partial charge in [-0.1, -0.05) is 51.5 Å². The van der Waals surface area contributed by atoms with Crippen LogP contribution >= 0.6 is 0 Å². The van der Waals surface area contributed by atoms with E-state index in [-0.39, 0.29) is 5.69 Å². The number of anilines is 1. The summed E-state index contributed by atoms with van der Waals surface area (Å²) in [4.78, 5) is 10.4. The van der Waals surface area contributed by atoms with E-state index in [0.717, 1.165) is 12.0 Å². The Bertz CT molecular complexity index is 824. The molecule has 30 heavy (non-hydrogen) atoms. The van der Waals surface area contributed by atoms with Crippen LogP contribution in [0.3, 0.4) is 0 Å². The van der Waals surface area contributed by atoms with Gasteiger partial charge in [-0.15, -0.1) is 0 Å². The standard InChI is InChI=1S/C23H31N3O4/c1-3-4-5-6-7-8-9-15-30-22-14-13-19(16-23(22)29-2)18-24-25-20-11-10-12-21(17-20)26(27)28/h10-14,16-18,25H,3-9,15H2,1-2H3. The van der Waals surface area contributed by atoms with E-state index in [9.17, 15) is 10.1 Å². The summed E-state index contributed by atoms with van der Waals surface area (Å²) in [6, 6.07) is 11.8. The van der Waals surface area contributed by atoms with E-state index in [1.165, 1.54) is 50.7 Å². The Labute approximate surface area is 178 Å². The third-order valence-corrected chi connectivity index (χ3v) is 4.66. The van der Waals surface area contributed by atoms with Gasteiger partial charge in [0, 0.05) is 12.1 Å². The van der Waals surface area contributed by atoms with E-state index < -0.39 is 4.92 Å². The molecule has 1 N–H and O–H groups in total. The van der Waals surface area contributed by atoms with Crippen LogP contribution in [0.25, 0.3) is 0 Å². The molecule has 0 fully saturated rings. The number of benzene rings is 2. The number of nitro benzene ring substituents is 1. The lowest BCUT2D eigenvalue weighted by molar-refractivity contribution is -0.384. The van der Waals surface area contributed by atoms with Gasteiger partial charge in [0.05, 0.1) is 30.5 Å². The molecule has 2 aromatic rings. The van der Waals surface area contributed by atoms with Crippen LogP contribution in [-0.4, -0.2) is 24.9 Å². The van der Waals surface area contributed by atoms with Crippen LogP contribution in [0, 0.1) is 10.1 Å². The highest BCUT2D eigenvalue weighted by atomic mass is 16.6. The molecule has 0 aromatic heterocycles. The number of unbranched alkanes of at least 4 members (excludes halogenated alkanes) is 6. The smallest absolute Gasteiger partial charge is 0.271 e. The van der Waals surface area contributed by atoms with Crippen LogP contribution in [0.2, 0.25) is 0 Å². The molecule has 0 unspecified atom stereocenters. The molecule has 0 amide bonds. The number of rotatable bonds is 14. The predicted octanol–water partition coefficient (Wildman–Crippen LogP) is 6.18. The lowest BCUT2D eigenvalue weighted by atomic mass is 10.1. The fraction of sp³-hybridized carbons (Fsp3) is 0.435.